The first-order valence-electron chi connectivity index (χ1n) is 6.24. The number of carbonyl (C=O) groups is 1. The summed E-state index contributed by atoms with van der Waals surface area (Å²) in [5.41, 5.74) is 2.74. The molecule has 0 aliphatic heterocycles. The number of benzene rings is 1. The smallest absolute Gasteiger partial charge is 0.234 e. The largest absolute Gasteiger partial charge is 0.352 e. The summed E-state index contributed by atoms with van der Waals surface area (Å²) < 4.78 is 0. The van der Waals surface area contributed by atoms with E-state index in [1.165, 1.54) is 11.1 Å². The molecule has 3 heteroatoms. The summed E-state index contributed by atoms with van der Waals surface area (Å²) in [4.78, 5) is 11.7. The van der Waals surface area contributed by atoms with Gasteiger partial charge in [-0.15, -0.1) is 0 Å². The lowest BCUT2D eigenvalue weighted by molar-refractivity contribution is -0.121. The molecular weight excluding hydrogens is 212 g/mol. The molecule has 0 bridgehead atoms. The maximum absolute atomic E-state index is 11.7. The van der Waals surface area contributed by atoms with Crippen molar-refractivity contribution in [3.63, 3.8) is 0 Å². The number of fused-ring (bicyclic) bond motifs is 1. The summed E-state index contributed by atoms with van der Waals surface area (Å²) in [6.45, 7) is 4.49. The average molecular weight is 232 g/mol. The topological polar surface area (TPSA) is 41.1 Å². The zero-order chi connectivity index (χ0) is 12.3. The number of hydrogen-bond donors (Lipinski definition) is 2. The van der Waals surface area contributed by atoms with Gasteiger partial charge >= 0.3 is 0 Å². The highest BCUT2D eigenvalue weighted by atomic mass is 16.1. The molecule has 3 nitrogen and oxygen atoms in total. The van der Waals surface area contributed by atoms with Crippen molar-refractivity contribution in [1.29, 1.82) is 0 Å². The van der Waals surface area contributed by atoms with Gasteiger partial charge in [0.15, 0.2) is 0 Å². The number of amides is 1. The molecule has 1 amide bonds. The fraction of sp³-hybridized carbons (Fsp3) is 0.500. The van der Waals surface area contributed by atoms with Crippen LogP contribution in [-0.4, -0.2) is 24.5 Å². The summed E-state index contributed by atoms with van der Waals surface area (Å²) in [7, 11) is 0. The van der Waals surface area contributed by atoms with E-state index in [2.05, 4.69) is 34.9 Å². The molecule has 1 aliphatic carbocycles. The van der Waals surface area contributed by atoms with Crippen LogP contribution in [0.15, 0.2) is 24.3 Å². The van der Waals surface area contributed by atoms with Gasteiger partial charge in [-0.3, -0.25) is 4.79 Å². The van der Waals surface area contributed by atoms with Gasteiger partial charge in [-0.05, 0) is 24.0 Å². The van der Waals surface area contributed by atoms with E-state index in [4.69, 9.17) is 0 Å². The Morgan fingerprint density at radius 2 is 1.88 bits per heavy atom. The maximum atomic E-state index is 11.7. The first-order valence-corrected chi connectivity index (χ1v) is 6.24. The fourth-order valence-corrected chi connectivity index (χ4v) is 2.24. The second kappa shape index (κ2) is 5.32. The van der Waals surface area contributed by atoms with Crippen LogP contribution in [0.4, 0.5) is 0 Å². The number of nitrogens with one attached hydrogen (secondary N) is 2. The standard InChI is InChI=1S/C14H20N2O/c1-10(2)15-9-14(17)16-13-7-11-5-3-4-6-12(11)8-13/h3-6,10,13,15H,7-9H2,1-2H3,(H,16,17). The molecule has 0 radical (unpaired) electrons. The lowest BCUT2D eigenvalue weighted by Crippen LogP contribution is -2.42. The van der Waals surface area contributed by atoms with E-state index in [0.29, 0.717) is 12.6 Å². The molecule has 2 rings (SSSR count). The van der Waals surface area contributed by atoms with Gasteiger partial charge in [0, 0.05) is 12.1 Å². The van der Waals surface area contributed by atoms with Crippen molar-refractivity contribution in [2.24, 2.45) is 0 Å². The number of hydrogen-bond acceptors (Lipinski definition) is 2. The van der Waals surface area contributed by atoms with Gasteiger partial charge in [0.05, 0.1) is 6.54 Å². The summed E-state index contributed by atoms with van der Waals surface area (Å²) in [5, 5.41) is 6.21. The third-order valence-corrected chi connectivity index (χ3v) is 3.09. The van der Waals surface area contributed by atoms with Gasteiger partial charge in [-0.25, -0.2) is 0 Å². The van der Waals surface area contributed by atoms with Crippen LogP contribution in [0.2, 0.25) is 0 Å². The van der Waals surface area contributed by atoms with Crippen LogP contribution < -0.4 is 10.6 Å². The summed E-state index contributed by atoms with van der Waals surface area (Å²) in [6.07, 6.45) is 1.92. The van der Waals surface area contributed by atoms with Crippen LogP contribution >= 0.6 is 0 Å². The number of rotatable bonds is 4. The Bertz CT molecular complexity index is 376. The molecule has 17 heavy (non-hydrogen) atoms. The quantitative estimate of drug-likeness (QED) is 0.821. The summed E-state index contributed by atoms with van der Waals surface area (Å²) >= 11 is 0. The van der Waals surface area contributed by atoms with E-state index >= 15 is 0 Å². The molecule has 1 aliphatic rings. The van der Waals surface area contributed by atoms with E-state index in [0.717, 1.165) is 12.8 Å². The van der Waals surface area contributed by atoms with Crippen molar-refractivity contribution in [3.8, 4) is 0 Å². The molecule has 0 spiro atoms. The van der Waals surface area contributed by atoms with Crippen molar-refractivity contribution < 1.29 is 4.79 Å². The Labute approximate surface area is 103 Å². The molecule has 1 aromatic rings. The van der Waals surface area contributed by atoms with E-state index in [9.17, 15) is 4.79 Å². The molecule has 0 heterocycles. The Hall–Kier alpha value is -1.35. The molecule has 2 N–H and O–H groups in total. The van der Waals surface area contributed by atoms with Gasteiger partial charge in [0.1, 0.15) is 0 Å². The van der Waals surface area contributed by atoms with Crippen LogP contribution in [0, 0.1) is 0 Å². The molecule has 0 aromatic heterocycles. The normalized spacial score (nSPS) is 15.0. The zero-order valence-electron chi connectivity index (χ0n) is 10.5. The summed E-state index contributed by atoms with van der Waals surface area (Å²) in [6, 6.07) is 9.03. The Balaban J connectivity index is 1.81. The molecule has 0 atom stereocenters. The van der Waals surface area contributed by atoms with Crippen LogP contribution in [0.25, 0.3) is 0 Å². The van der Waals surface area contributed by atoms with Crippen molar-refractivity contribution in [3.05, 3.63) is 35.4 Å². The van der Waals surface area contributed by atoms with Crippen LogP contribution in [0.3, 0.4) is 0 Å². The highest BCUT2D eigenvalue weighted by Crippen LogP contribution is 2.21. The third-order valence-electron chi connectivity index (χ3n) is 3.09. The lowest BCUT2D eigenvalue weighted by Gasteiger charge is -2.13. The lowest BCUT2D eigenvalue weighted by atomic mass is 10.1. The average Bonchev–Trinajstić information content (AvgIpc) is 2.68. The van der Waals surface area contributed by atoms with Crippen molar-refractivity contribution in [1.82, 2.24) is 10.6 Å². The van der Waals surface area contributed by atoms with Gasteiger partial charge in [0.25, 0.3) is 0 Å². The van der Waals surface area contributed by atoms with Crippen LogP contribution in [0.1, 0.15) is 25.0 Å². The second-order valence-electron chi connectivity index (χ2n) is 4.98. The van der Waals surface area contributed by atoms with Crippen LogP contribution in [-0.2, 0) is 17.6 Å². The van der Waals surface area contributed by atoms with Gasteiger partial charge in [-0.1, -0.05) is 38.1 Å². The zero-order valence-corrected chi connectivity index (χ0v) is 10.5. The molecule has 92 valence electrons. The molecular formula is C14H20N2O. The van der Waals surface area contributed by atoms with Crippen LogP contribution in [0.5, 0.6) is 0 Å². The molecule has 0 saturated carbocycles. The highest BCUT2D eigenvalue weighted by molar-refractivity contribution is 5.78. The first-order chi connectivity index (χ1) is 8.15. The Kier molecular flexibility index (Phi) is 3.79. The molecule has 0 saturated heterocycles. The Morgan fingerprint density at radius 1 is 1.29 bits per heavy atom. The fourth-order valence-electron chi connectivity index (χ4n) is 2.24. The maximum Gasteiger partial charge on any atom is 0.234 e. The Morgan fingerprint density at radius 3 is 2.41 bits per heavy atom. The molecule has 0 fully saturated rings. The highest BCUT2D eigenvalue weighted by Gasteiger charge is 2.21. The minimum absolute atomic E-state index is 0.0940. The first kappa shape index (κ1) is 12.1. The van der Waals surface area contributed by atoms with Crippen molar-refractivity contribution in [2.45, 2.75) is 38.8 Å². The second-order valence-corrected chi connectivity index (χ2v) is 4.98. The molecule has 1 aromatic carbocycles. The molecule has 0 unspecified atom stereocenters. The summed E-state index contributed by atoms with van der Waals surface area (Å²) in [5.74, 6) is 0.0940. The van der Waals surface area contributed by atoms with E-state index in [-0.39, 0.29) is 11.9 Å². The van der Waals surface area contributed by atoms with Gasteiger partial charge in [0.2, 0.25) is 5.91 Å². The third kappa shape index (κ3) is 3.30. The number of carbonyl (C=O) groups excluding carboxylic acids is 1. The van der Waals surface area contributed by atoms with Crippen molar-refractivity contribution >= 4 is 5.91 Å². The minimum Gasteiger partial charge on any atom is -0.352 e. The van der Waals surface area contributed by atoms with E-state index in [1.54, 1.807) is 0 Å². The predicted molar refractivity (Wildman–Crippen MR) is 68.9 cm³/mol. The van der Waals surface area contributed by atoms with Gasteiger partial charge < -0.3 is 10.6 Å². The van der Waals surface area contributed by atoms with Gasteiger partial charge in [-0.2, -0.15) is 0 Å². The van der Waals surface area contributed by atoms with E-state index < -0.39 is 0 Å². The SMILES string of the molecule is CC(C)NCC(=O)NC1Cc2ccccc2C1. The van der Waals surface area contributed by atoms with E-state index in [1.807, 2.05) is 13.8 Å². The minimum atomic E-state index is 0.0940. The monoisotopic (exact) mass is 232 g/mol. The predicted octanol–water partition coefficient (Wildman–Crippen LogP) is 1.27. The van der Waals surface area contributed by atoms with Crippen molar-refractivity contribution in [2.75, 3.05) is 6.54 Å².